The Labute approximate surface area is 154 Å². The molecule has 3 rings (SSSR count). The van der Waals surface area contributed by atoms with Crippen molar-refractivity contribution in [2.75, 3.05) is 53.0 Å². The SMILES string of the molecule is COC(CNC(=O)N1CCN(C2CCOCC2)CC1)c1ccc(F)cc1. The molecule has 0 radical (unpaired) electrons. The number of carbonyl (C=O) groups is 1. The van der Waals surface area contributed by atoms with E-state index in [1.165, 1.54) is 12.1 Å². The molecule has 26 heavy (non-hydrogen) atoms. The Morgan fingerprint density at radius 3 is 2.50 bits per heavy atom. The van der Waals surface area contributed by atoms with Crippen molar-refractivity contribution in [1.29, 1.82) is 0 Å². The van der Waals surface area contributed by atoms with Crippen molar-refractivity contribution in [2.45, 2.75) is 25.0 Å². The maximum atomic E-state index is 13.0. The molecular formula is C19H28FN3O3. The van der Waals surface area contributed by atoms with Crippen LogP contribution in [-0.2, 0) is 9.47 Å². The number of amides is 2. The van der Waals surface area contributed by atoms with Crippen molar-refractivity contribution in [2.24, 2.45) is 0 Å². The standard InChI is InChI=1S/C19H28FN3O3/c1-25-18(15-2-4-16(20)5-3-15)14-21-19(24)23-10-8-22(9-11-23)17-6-12-26-13-7-17/h2-5,17-18H,6-14H2,1H3,(H,21,24). The van der Waals surface area contributed by atoms with E-state index in [4.69, 9.17) is 9.47 Å². The van der Waals surface area contributed by atoms with Crippen LogP contribution in [0.15, 0.2) is 24.3 Å². The quantitative estimate of drug-likeness (QED) is 0.867. The van der Waals surface area contributed by atoms with E-state index in [1.807, 2.05) is 4.90 Å². The number of hydrogen-bond acceptors (Lipinski definition) is 4. The molecule has 1 N–H and O–H groups in total. The molecule has 1 unspecified atom stereocenters. The summed E-state index contributed by atoms with van der Waals surface area (Å²) in [7, 11) is 1.59. The van der Waals surface area contributed by atoms with E-state index in [2.05, 4.69) is 10.2 Å². The summed E-state index contributed by atoms with van der Waals surface area (Å²) in [5.41, 5.74) is 0.846. The van der Waals surface area contributed by atoms with Crippen molar-refractivity contribution in [3.63, 3.8) is 0 Å². The third-order valence-corrected chi connectivity index (χ3v) is 5.27. The predicted molar refractivity (Wildman–Crippen MR) is 96.5 cm³/mol. The van der Waals surface area contributed by atoms with Crippen LogP contribution in [0.25, 0.3) is 0 Å². The second kappa shape index (κ2) is 9.30. The van der Waals surface area contributed by atoms with Crippen LogP contribution < -0.4 is 5.32 Å². The Morgan fingerprint density at radius 2 is 1.88 bits per heavy atom. The van der Waals surface area contributed by atoms with Crippen molar-refractivity contribution < 1.29 is 18.7 Å². The van der Waals surface area contributed by atoms with Gasteiger partial charge in [-0.2, -0.15) is 0 Å². The molecule has 1 atom stereocenters. The van der Waals surface area contributed by atoms with Crippen LogP contribution in [0.1, 0.15) is 24.5 Å². The summed E-state index contributed by atoms with van der Waals surface area (Å²) < 4.78 is 23.9. The average Bonchev–Trinajstić information content (AvgIpc) is 2.70. The highest BCUT2D eigenvalue weighted by Gasteiger charge is 2.27. The molecule has 6 nitrogen and oxygen atoms in total. The van der Waals surface area contributed by atoms with E-state index >= 15 is 0 Å². The number of halogens is 1. The lowest BCUT2D eigenvalue weighted by Gasteiger charge is -2.40. The lowest BCUT2D eigenvalue weighted by Crippen LogP contribution is -2.55. The molecule has 2 fully saturated rings. The van der Waals surface area contributed by atoms with Gasteiger partial charge in [-0.15, -0.1) is 0 Å². The zero-order chi connectivity index (χ0) is 18.4. The molecule has 144 valence electrons. The number of nitrogens with one attached hydrogen (secondary N) is 1. The Kier molecular flexibility index (Phi) is 6.82. The first-order valence-electron chi connectivity index (χ1n) is 9.30. The van der Waals surface area contributed by atoms with E-state index < -0.39 is 0 Å². The minimum Gasteiger partial charge on any atom is -0.381 e. The highest BCUT2D eigenvalue weighted by atomic mass is 19.1. The van der Waals surface area contributed by atoms with Gasteiger partial charge in [-0.1, -0.05) is 12.1 Å². The topological polar surface area (TPSA) is 54.0 Å². The minimum atomic E-state index is -0.289. The normalized spacial score (nSPS) is 20.8. The van der Waals surface area contributed by atoms with Crippen LogP contribution in [0.3, 0.4) is 0 Å². The monoisotopic (exact) mass is 365 g/mol. The van der Waals surface area contributed by atoms with Crippen LogP contribution in [0.2, 0.25) is 0 Å². The van der Waals surface area contributed by atoms with Crippen molar-refractivity contribution in [3.8, 4) is 0 Å². The number of hydrogen-bond donors (Lipinski definition) is 1. The van der Waals surface area contributed by atoms with Gasteiger partial charge in [0.15, 0.2) is 0 Å². The summed E-state index contributed by atoms with van der Waals surface area (Å²) in [6.07, 6.45) is 1.88. The van der Waals surface area contributed by atoms with Gasteiger partial charge in [0.25, 0.3) is 0 Å². The van der Waals surface area contributed by atoms with E-state index in [-0.39, 0.29) is 18.0 Å². The molecule has 1 aromatic rings. The molecule has 1 aromatic carbocycles. The molecule has 0 spiro atoms. The van der Waals surface area contributed by atoms with E-state index in [0.717, 1.165) is 57.8 Å². The molecule has 7 heteroatoms. The first-order valence-corrected chi connectivity index (χ1v) is 9.30. The molecule has 0 aromatic heterocycles. The molecule has 2 aliphatic rings. The number of benzene rings is 1. The maximum Gasteiger partial charge on any atom is 0.317 e. The van der Waals surface area contributed by atoms with Gasteiger partial charge in [0.1, 0.15) is 5.82 Å². The number of methoxy groups -OCH3 is 1. The van der Waals surface area contributed by atoms with Crippen LogP contribution in [0.5, 0.6) is 0 Å². The molecular weight excluding hydrogens is 337 g/mol. The highest BCUT2D eigenvalue weighted by molar-refractivity contribution is 5.74. The predicted octanol–water partition coefficient (Wildman–Crippen LogP) is 2.02. The smallest absolute Gasteiger partial charge is 0.317 e. The summed E-state index contributed by atoms with van der Waals surface area (Å²) in [6.45, 7) is 5.32. The molecule has 0 bridgehead atoms. The van der Waals surface area contributed by atoms with Crippen molar-refractivity contribution in [3.05, 3.63) is 35.6 Å². The third kappa shape index (κ3) is 4.93. The Morgan fingerprint density at radius 1 is 1.23 bits per heavy atom. The highest BCUT2D eigenvalue weighted by Crippen LogP contribution is 2.18. The zero-order valence-electron chi connectivity index (χ0n) is 15.3. The van der Waals surface area contributed by atoms with E-state index in [9.17, 15) is 9.18 Å². The van der Waals surface area contributed by atoms with Crippen molar-refractivity contribution >= 4 is 6.03 Å². The van der Waals surface area contributed by atoms with E-state index in [1.54, 1.807) is 19.2 Å². The summed E-state index contributed by atoms with van der Waals surface area (Å²) >= 11 is 0. The van der Waals surface area contributed by atoms with Gasteiger partial charge in [0.2, 0.25) is 0 Å². The molecule has 2 aliphatic heterocycles. The molecule has 0 saturated carbocycles. The van der Waals surface area contributed by atoms with Crippen LogP contribution in [0.4, 0.5) is 9.18 Å². The van der Waals surface area contributed by atoms with Crippen LogP contribution in [-0.4, -0.2) is 74.9 Å². The molecule has 2 heterocycles. The van der Waals surface area contributed by atoms with Gasteiger partial charge in [-0.05, 0) is 30.5 Å². The first kappa shape index (κ1) is 19.1. The Balaban J connectivity index is 1.44. The molecule has 2 amide bonds. The largest absolute Gasteiger partial charge is 0.381 e. The van der Waals surface area contributed by atoms with Crippen LogP contribution >= 0.6 is 0 Å². The number of carbonyl (C=O) groups excluding carboxylic acids is 1. The summed E-state index contributed by atoms with van der Waals surface area (Å²) in [5, 5.41) is 2.94. The summed E-state index contributed by atoms with van der Waals surface area (Å²) in [6, 6.07) is 6.69. The third-order valence-electron chi connectivity index (χ3n) is 5.27. The summed E-state index contributed by atoms with van der Waals surface area (Å²) in [5.74, 6) is -0.282. The molecule has 0 aliphatic carbocycles. The number of piperazine rings is 1. The lowest BCUT2D eigenvalue weighted by atomic mass is 10.1. The fourth-order valence-corrected chi connectivity index (χ4v) is 3.65. The number of rotatable bonds is 5. The van der Waals surface area contributed by atoms with Crippen molar-refractivity contribution in [1.82, 2.24) is 15.1 Å². The van der Waals surface area contributed by atoms with Gasteiger partial charge >= 0.3 is 6.03 Å². The van der Waals surface area contributed by atoms with Gasteiger partial charge < -0.3 is 19.7 Å². The second-order valence-electron chi connectivity index (χ2n) is 6.83. The van der Waals surface area contributed by atoms with Gasteiger partial charge in [0, 0.05) is 59.1 Å². The first-order chi connectivity index (χ1) is 12.7. The summed E-state index contributed by atoms with van der Waals surface area (Å²) in [4.78, 5) is 16.8. The lowest BCUT2D eigenvalue weighted by molar-refractivity contribution is 0.0184. The Bertz CT molecular complexity index is 570. The Hall–Kier alpha value is -1.70. The number of urea groups is 1. The van der Waals surface area contributed by atoms with Gasteiger partial charge in [-0.25, -0.2) is 9.18 Å². The number of nitrogens with zero attached hydrogens (tertiary/aromatic N) is 2. The van der Waals surface area contributed by atoms with Crippen LogP contribution in [0, 0.1) is 5.82 Å². The second-order valence-corrected chi connectivity index (χ2v) is 6.83. The fraction of sp³-hybridized carbons (Fsp3) is 0.632. The van der Waals surface area contributed by atoms with Gasteiger partial charge in [0.05, 0.1) is 6.10 Å². The molecule has 2 saturated heterocycles. The average molecular weight is 365 g/mol. The maximum absolute atomic E-state index is 13.0. The van der Waals surface area contributed by atoms with E-state index in [0.29, 0.717) is 12.6 Å². The minimum absolute atomic E-state index is 0.0687. The number of ether oxygens (including phenoxy) is 2. The van der Waals surface area contributed by atoms with Gasteiger partial charge in [-0.3, -0.25) is 4.90 Å². The fourth-order valence-electron chi connectivity index (χ4n) is 3.65. The zero-order valence-corrected chi connectivity index (χ0v) is 15.3.